The molecule has 8 nitrogen and oxygen atoms in total. The van der Waals surface area contributed by atoms with Crippen molar-refractivity contribution in [3.8, 4) is 23.1 Å². The van der Waals surface area contributed by atoms with Gasteiger partial charge in [0.25, 0.3) is 0 Å². The fraction of sp³-hybridized carbons (Fsp3) is 0.211. The first-order valence-electron chi connectivity index (χ1n) is 8.53. The van der Waals surface area contributed by atoms with Gasteiger partial charge in [-0.1, -0.05) is 12.1 Å². The number of amides is 2. The number of furan rings is 1. The van der Waals surface area contributed by atoms with Gasteiger partial charge in [-0.15, -0.1) is 10.2 Å². The van der Waals surface area contributed by atoms with Gasteiger partial charge in [0.15, 0.2) is 5.76 Å². The van der Waals surface area contributed by atoms with Crippen LogP contribution in [0.1, 0.15) is 6.92 Å². The van der Waals surface area contributed by atoms with E-state index in [1.54, 1.807) is 42.7 Å². The van der Waals surface area contributed by atoms with Gasteiger partial charge in [-0.3, -0.25) is 0 Å². The molecule has 27 heavy (non-hydrogen) atoms. The van der Waals surface area contributed by atoms with Crippen LogP contribution in [0, 0.1) is 0 Å². The quantitative estimate of drug-likeness (QED) is 0.592. The van der Waals surface area contributed by atoms with E-state index in [2.05, 4.69) is 20.8 Å². The van der Waals surface area contributed by atoms with Crippen molar-refractivity contribution >= 4 is 11.7 Å². The Morgan fingerprint density at radius 3 is 2.70 bits per heavy atom. The number of hydrogen-bond donors (Lipinski definition) is 2. The van der Waals surface area contributed by atoms with Crippen LogP contribution >= 0.6 is 0 Å². The first-order valence-corrected chi connectivity index (χ1v) is 8.53. The highest BCUT2D eigenvalue weighted by Crippen LogP contribution is 2.23. The Kier molecular flexibility index (Phi) is 6.24. The maximum Gasteiger partial charge on any atom is 0.319 e. The van der Waals surface area contributed by atoms with Gasteiger partial charge in [0.1, 0.15) is 18.1 Å². The highest BCUT2D eigenvalue weighted by molar-refractivity contribution is 5.90. The molecule has 0 aliphatic carbocycles. The molecule has 3 rings (SSSR count). The van der Waals surface area contributed by atoms with Gasteiger partial charge < -0.3 is 24.5 Å². The number of rotatable bonds is 8. The number of para-hydroxylation sites is 2. The molecule has 0 saturated heterocycles. The van der Waals surface area contributed by atoms with E-state index in [9.17, 15) is 4.79 Å². The third-order valence-electron chi connectivity index (χ3n) is 3.49. The summed E-state index contributed by atoms with van der Waals surface area (Å²) in [7, 11) is 0. The Bertz CT molecular complexity index is 850. The fourth-order valence-corrected chi connectivity index (χ4v) is 2.29. The molecular weight excluding hydrogens is 348 g/mol. The monoisotopic (exact) mass is 368 g/mol. The Hall–Kier alpha value is -3.55. The minimum Gasteiger partial charge on any atom is -0.492 e. The minimum absolute atomic E-state index is 0.259. The lowest BCUT2D eigenvalue weighted by Crippen LogP contribution is -2.32. The lowest BCUT2D eigenvalue weighted by atomic mass is 10.3. The van der Waals surface area contributed by atoms with Crippen LogP contribution < -0.4 is 20.1 Å². The van der Waals surface area contributed by atoms with Crippen LogP contribution in [-0.2, 0) is 0 Å². The molecule has 0 atom stereocenters. The third kappa shape index (κ3) is 5.21. The number of benzene rings is 1. The topological polar surface area (TPSA) is 98.5 Å². The van der Waals surface area contributed by atoms with Crippen molar-refractivity contribution in [2.45, 2.75) is 6.92 Å². The number of urea groups is 1. The lowest BCUT2D eigenvalue weighted by Gasteiger charge is -2.12. The maximum absolute atomic E-state index is 12.0. The predicted molar refractivity (Wildman–Crippen MR) is 99.9 cm³/mol. The van der Waals surface area contributed by atoms with Gasteiger partial charge >= 0.3 is 6.03 Å². The smallest absolute Gasteiger partial charge is 0.319 e. The summed E-state index contributed by atoms with van der Waals surface area (Å²) in [6.07, 6.45) is 1.57. The van der Waals surface area contributed by atoms with Crippen LogP contribution in [0.25, 0.3) is 11.5 Å². The van der Waals surface area contributed by atoms with Gasteiger partial charge in [-0.25, -0.2) is 4.79 Å². The molecule has 1 aromatic carbocycles. The van der Waals surface area contributed by atoms with E-state index in [4.69, 9.17) is 13.9 Å². The predicted octanol–water partition coefficient (Wildman–Crippen LogP) is 3.34. The van der Waals surface area contributed by atoms with E-state index >= 15 is 0 Å². The molecule has 0 unspecified atom stereocenters. The standard InChI is InChI=1S/C19H20N4O4/c1-2-25-16-7-4-3-6-14(16)21-19(24)20-11-13-27-18-10-9-15(22-23-18)17-8-5-12-26-17/h3-10,12H,2,11,13H2,1H3,(H2,20,21,24). The van der Waals surface area contributed by atoms with Gasteiger partial charge in [-0.05, 0) is 37.3 Å². The maximum atomic E-state index is 12.0. The van der Waals surface area contributed by atoms with Crippen LogP contribution in [0.5, 0.6) is 11.6 Å². The summed E-state index contributed by atoms with van der Waals surface area (Å²) in [5.74, 6) is 1.63. The molecule has 0 fully saturated rings. The molecule has 0 spiro atoms. The number of nitrogens with one attached hydrogen (secondary N) is 2. The Morgan fingerprint density at radius 2 is 1.96 bits per heavy atom. The number of hydrogen-bond acceptors (Lipinski definition) is 6. The van der Waals surface area contributed by atoms with Gasteiger partial charge in [0, 0.05) is 6.07 Å². The van der Waals surface area contributed by atoms with Crippen molar-refractivity contribution in [1.82, 2.24) is 15.5 Å². The summed E-state index contributed by atoms with van der Waals surface area (Å²) in [6, 6.07) is 13.9. The molecule has 140 valence electrons. The van der Waals surface area contributed by atoms with Crippen LogP contribution in [-0.4, -0.2) is 36.0 Å². The zero-order valence-corrected chi connectivity index (χ0v) is 14.8. The molecule has 0 aliphatic rings. The zero-order chi connectivity index (χ0) is 18.9. The van der Waals surface area contributed by atoms with E-state index in [1.807, 2.05) is 19.1 Å². The molecule has 8 heteroatoms. The number of carbonyl (C=O) groups excluding carboxylic acids is 1. The van der Waals surface area contributed by atoms with E-state index in [0.29, 0.717) is 41.9 Å². The molecular formula is C19H20N4O4. The second kappa shape index (κ2) is 9.23. The summed E-state index contributed by atoms with van der Waals surface area (Å²) in [6.45, 7) is 2.98. The summed E-state index contributed by atoms with van der Waals surface area (Å²) in [5, 5.41) is 13.5. The van der Waals surface area contributed by atoms with Crippen molar-refractivity contribution in [2.75, 3.05) is 25.1 Å². The van der Waals surface area contributed by atoms with Gasteiger partial charge in [0.05, 0.1) is 25.1 Å². The molecule has 2 N–H and O–H groups in total. The van der Waals surface area contributed by atoms with E-state index in [1.165, 1.54) is 0 Å². The van der Waals surface area contributed by atoms with E-state index in [0.717, 1.165) is 0 Å². The van der Waals surface area contributed by atoms with Crippen molar-refractivity contribution in [3.63, 3.8) is 0 Å². The second-order valence-electron chi connectivity index (χ2n) is 5.39. The van der Waals surface area contributed by atoms with Crippen molar-refractivity contribution in [3.05, 3.63) is 54.8 Å². The number of nitrogens with zero attached hydrogens (tertiary/aromatic N) is 2. The molecule has 0 radical (unpaired) electrons. The first kappa shape index (κ1) is 18.2. The highest BCUT2D eigenvalue weighted by atomic mass is 16.5. The fourth-order valence-electron chi connectivity index (χ4n) is 2.29. The Labute approximate surface area is 156 Å². The third-order valence-corrected chi connectivity index (χ3v) is 3.49. The molecule has 2 amide bonds. The largest absolute Gasteiger partial charge is 0.492 e. The molecule has 2 aromatic heterocycles. The number of anilines is 1. The molecule has 0 aliphatic heterocycles. The second-order valence-corrected chi connectivity index (χ2v) is 5.39. The van der Waals surface area contributed by atoms with Crippen molar-refractivity contribution < 1.29 is 18.7 Å². The van der Waals surface area contributed by atoms with E-state index in [-0.39, 0.29) is 12.6 Å². The number of ether oxygens (including phenoxy) is 2. The highest BCUT2D eigenvalue weighted by Gasteiger charge is 2.07. The van der Waals surface area contributed by atoms with Crippen LogP contribution in [0.4, 0.5) is 10.5 Å². The normalized spacial score (nSPS) is 10.3. The SMILES string of the molecule is CCOc1ccccc1NC(=O)NCCOc1ccc(-c2ccco2)nn1. The zero-order valence-electron chi connectivity index (χ0n) is 14.8. The summed E-state index contributed by atoms with van der Waals surface area (Å²) >= 11 is 0. The number of carbonyl (C=O) groups is 1. The average Bonchev–Trinajstić information content (AvgIpc) is 3.22. The summed E-state index contributed by atoms with van der Waals surface area (Å²) in [5.41, 5.74) is 1.23. The molecule has 0 saturated carbocycles. The van der Waals surface area contributed by atoms with Crippen LogP contribution in [0.15, 0.2) is 59.2 Å². The van der Waals surface area contributed by atoms with E-state index < -0.39 is 0 Å². The Morgan fingerprint density at radius 1 is 1.07 bits per heavy atom. The van der Waals surface area contributed by atoms with Gasteiger partial charge in [-0.2, -0.15) is 0 Å². The molecule has 0 bridgehead atoms. The van der Waals surface area contributed by atoms with Gasteiger partial charge in [0.2, 0.25) is 5.88 Å². The number of aromatic nitrogens is 2. The first-order chi connectivity index (χ1) is 13.3. The summed E-state index contributed by atoms with van der Waals surface area (Å²) < 4.78 is 16.2. The van der Waals surface area contributed by atoms with Crippen molar-refractivity contribution in [2.24, 2.45) is 0 Å². The lowest BCUT2D eigenvalue weighted by molar-refractivity contribution is 0.246. The van der Waals surface area contributed by atoms with Crippen LogP contribution in [0.2, 0.25) is 0 Å². The minimum atomic E-state index is -0.343. The molecule has 2 heterocycles. The van der Waals surface area contributed by atoms with Crippen molar-refractivity contribution in [1.29, 1.82) is 0 Å². The van der Waals surface area contributed by atoms with Crippen LogP contribution in [0.3, 0.4) is 0 Å². The average molecular weight is 368 g/mol. The Balaban J connectivity index is 1.42. The summed E-state index contributed by atoms with van der Waals surface area (Å²) in [4.78, 5) is 12.0. The molecule has 3 aromatic rings.